The number of hydrogen-bond acceptors (Lipinski definition) is 4. The summed E-state index contributed by atoms with van der Waals surface area (Å²) in [6.45, 7) is 20.6. The predicted octanol–water partition coefficient (Wildman–Crippen LogP) is 7.35. The Bertz CT molecular complexity index is 914. The van der Waals surface area contributed by atoms with E-state index in [1.807, 2.05) is 57.2 Å². The first-order chi connectivity index (χ1) is 16.8. The van der Waals surface area contributed by atoms with Gasteiger partial charge < -0.3 is 5.32 Å². The fourth-order valence-electron chi connectivity index (χ4n) is 3.40. The van der Waals surface area contributed by atoms with Crippen LogP contribution < -0.4 is 5.32 Å². The minimum atomic E-state index is -3.25. The minimum absolute atomic E-state index is 0.0401. The lowest BCUT2D eigenvalue weighted by Crippen LogP contribution is -2.32. The number of hydrogen-bond donors (Lipinski definition) is 1. The van der Waals surface area contributed by atoms with Gasteiger partial charge in [0.05, 0.1) is 11.0 Å². The Labute approximate surface area is 216 Å². The van der Waals surface area contributed by atoms with Crippen molar-refractivity contribution in [1.29, 1.82) is 0 Å². The number of para-hydroxylation sites is 1. The number of nitrogens with zero attached hydrogens (tertiary/aromatic N) is 1. The Hall–Kier alpha value is -2.37. The van der Waals surface area contributed by atoms with Gasteiger partial charge in [0.2, 0.25) is 0 Å². The number of unbranched alkanes of at least 4 members (excludes halogenated alkanes) is 1. The molecular formula is C30H48N2O2S. The van der Waals surface area contributed by atoms with Gasteiger partial charge in [-0.3, -0.25) is 4.90 Å². The third-order valence-electron chi connectivity index (χ3n) is 5.27. The molecule has 0 aromatic heterocycles. The summed E-state index contributed by atoms with van der Waals surface area (Å²) in [6, 6.07) is 7.73. The molecule has 1 aromatic rings. The van der Waals surface area contributed by atoms with Crippen molar-refractivity contribution in [2.75, 3.05) is 31.5 Å². The highest BCUT2D eigenvalue weighted by atomic mass is 32.2. The molecule has 0 fully saturated rings. The van der Waals surface area contributed by atoms with Crippen LogP contribution in [0, 0.1) is 0 Å². The monoisotopic (exact) mass is 500 g/mol. The topological polar surface area (TPSA) is 49.4 Å². The summed E-state index contributed by atoms with van der Waals surface area (Å²) in [4.78, 5) is 2.43. The van der Waals surface area contributed by atoms with E-state index in [0.29, 0.717) is 0 Å². The lowest BCUT2D eigenvalue weighted by atomic mass is 10.2. The molecule has 0 heterocycles. The molecule has 5 heteroatoms. The Balaban J connectivity index is 0.00000365. The van der Waals surface area contributed by atoms with Crippen LogP contribution in [-0.4, -0.2) is 44.7 Å². The Morgan fingerprint density at radius 3 is 2.43 bits per heavy atom. The number of nitrogens with one attached hydrogen (secondary N) is 1. The quantitative estimate of drug-likeness (QED) is 0.190. The second-order valence-corrected chi connectivity index (χ2v) is 10.8. The molecule has 196 valence electrons. The van der Waals surface area contributed by atoms with E-state index in [1.165, 1.54) is 5.57 Å². The molecule has 1 rings (SSSR count). The van der Waals surface area contributed by atoms with Crippen LogP contribution in [0.4, 0.5) is 5.69 Å². The highest BCUT2D eigenvalue weighted by molar-refractivity contribution is 7.91. The van der Waals surface area contributed by atoms with E-state index in [4.69, 9.17) is 0 Å². The molecule has 0 aliphatic heterocycles. The smallest absolute Gasteiger partial charge is 0.160 e. The Kier molecular flexibility index (Phi) is 18.5. The van der Waals surface area contributed by atoms with Crippen LogP contribution in [0.2, 0.25) is 0 Å². The van der Waals surface area contributed by atoms with Gasteiger partial charge in [0.15, 0.2) is 9.84 Å². The first kappa shape index (κ1) is 32.6. The summed E-state index contributed by atoms with van der Waals surface area (Å²) >= 11 is 0. The van der Waals surface area contributed by atoms with E-state index in [1.54, 1.807) is 19.1 Å². The fourth-order valence-corrected chi connectivity index (χ4v) is 4.70. The molecule has 1 aromatic carbocycles. The van der Waals surface area contributed by atoms with Gasteiger partial charge in [-0.15, -0.1) is 6.58 Å². The molecule has 0 saturated carbocycles. The number of rotatable bonds is 16. The van der Waals surface area contributed by atoms with Gasteiger partial charge in [-0.1, -0.05) is 87.6 Å². The number of allylic oxidation sites excluding steroid dienone is 5. The Morgan fingerprint density at radius 2 is 1.83 bits per heavy atom. The van der Waals surface area contributed by atoms with Gasteiger partial charge in [-0.05, 0) is 57.4 Å². The molecule has 35 heavy (non-hydrogen) atoms. The van der Waals surface area contributed by atoms with Crippen LogP contribution in [0.15, 0.2) is 85.5 Å². The molecule has 1 atom stereocenters. The molecule has 0 radical (unpaired) electrons. The summed E-state index contributed by atoms with van der Waals surface area (Å²) in [7, 11) is -3.25. The van der Waals surface area contributed by atoms with E-state index in [9.17, 15) is 8.42 Å². The molecule has 0 bridgehead atoms. The first-order valence-electron chi connectivity index (χ1n) is 12.7. The van der Waals surface area contributed by atoms with Crippen molar-refractivity contribution in [3.05, 3.63) is 91.1 Å². The molecule has 1 N–H and O–H groups in total. The van der Waals surface area contributed by atoms with Gasteiger partial charge in [0.1, 0.15) is 0 Å². The van der Waals surface area contributed by atoms with Crippen LogP contribution >= 0.6 is 0 Å². The standard InChI is InChI=1S/C27H42N2O2S.C3H6/c1-6-10-16-24(5)32(30,31)23-26-17-12-13-18-27(26)28-19-21-29(20-11-7-2)22-25(14-8-3)15-9-4;1-3-2/h8-10,12-18,24,28H,3,6-7,11,19-23H2,1-2,4-5H3;3H,1H2,2H3/b15-9-,16-10-,25-14+;. The molecule has 0 saturated heterocycles. The summed E-state index contributed by atoms with van der Waals surface area (Å²) in [5.41, 5.74) is 2.96. The van der Waals surface area contributed by atoms with E-state index >= 15 is 0 Å². The van der Waals surface area contributed by atoms with Crippen molar-refractivity contribution in [3.63, 3.8) is 0 Å². The lowest BCUT2D eigenvalue weighted by molar-refractivity contribution is 0.304. The minimum Gasteiger partial charge on any atom is -0.384 e. The average molecular weight is 501 g/mol. The number of anilines is 1. The summed E-state index contributed by atoms with van der Waals surface area (Å²) in [5, 5.41) is 3.00. The maximum absolute atomic E-state index is 12.8. The summed E-state index contributed by atoms with van der Waals surface area (Å²) in [5.74, 6) is 0.0401. The molecular weight excluding hydrogens is 452 g/mol. The van der Waals surface area contributed by atoms with Gasteiger partial charge >= 0.3 is 0 Å². The summed E-state index contributed by atoms with van der Waals surface area (Å²) < 4.78 is 25.6. The van der Waals surface area contributed by atoms with Crippen LogP contribution in [-0.2, 0) is 15.6 Å². The van der Waals surface area contributed by atoms with Crippen LogP contribution in [0.1, 0.15) is 59.4 Å². The van der Waals surface area contributed by atoms with E-state index in [-0.39, 0.29) is 5.75 Å². The van der Waals surface area contributed by atoms with Crippen molar-refractivity contribution in [1.82, 2.24) is 4.90 Å². The molecule has 0 spiro atoms. The van der Waals surface area contributed by atoms with Gasteiger partial charge in [0.25, 0.3) is 0 Å². The van der Waals surface area contributed by atoms with E-state index < -0.39 is 15.1 Å². The normalized spacial score (nSPS) is 13.0. The largest absolute Gasteiger partial charge is 0.384 e. The molecule has 0 aliphatic carbocycles. The van der Waals surface area contributed by atoms with Crippen molar-refractivity contribution < 1.29 is 8.42 Å². The maximum atomic E-state index is 12.8. The molecule has 0 amide bonds. The lowest BCUT2D eigenvalue weighted by Gasteiger charge is -2.23. The summed E-state index contributed by atoms with van der Waals surface area (Å²) in [6.07, 6.45) is 16.7. The highest BCUT2D eigenvalue weighted by Gasteiger charge is 2.20. The zero-order valence-electron chi connectivity index (χ0n) is 22.7. The van der Waals surface area contributed by atoms with Gasteiger partial charge in [-0.2, -0.15) is 0 Å². The highest BCUT2D eigenvalue weighted by Crippen LogP contribution is 2.20. The van der Waals surface area contributed by atoms with Gasteiger partial charge in [-0.25, -0.2) is 8.42 Å². The van der Waals surface area contributed by atoms with Crippen molar-refractivity contribution >= 4 is 15.5 Å². The molecule has 0 aliphatic rings. The van der Waals surface area contributed by atoms with Crippen molar-refractivity contribution in [2.24, 2.45) is 0 Å². The van der Waals surface area contributed by atoms with Crippen LogP contribution in [0.3, 0.4) is 0 Å². The molecule has 1 unspecified atom stereocenters. The van der Waals surface area contributed by atoms with Crippen molar-refractivity contribution in [2.45, 2.75) is 64.9 Å². The molecule has 4 nitrogen and oxygen atoms in total. The number of benzene rings is 1. The van der Waals surface area contributed by atoms with Gasteiger partial charge in [0, 0.05) is 25.3 Å². The van der Waals surface area contributed by atoms with E-state index in [2.05, 4.69) is 48.5 Å². The fraction of sp³-hybridized carbons (Fsp3) is 0.467. The predicted molar refractivity (Wildman–Crippen MR) is 157 cm³/mol. The third-order valence-corrected chi connectivity index (χ3v) is 7.28. The second-order valence-electron chi connectivity index (χ2n) is 8.45. The maximum Gasteiger partial charge on any atom is 0.160 e. The zero-order chi connectivity index (χ0) is 26.5. The second kappa shape index (κ2) is 19.9. The SMILES string of the molecule is C=C/C=C(\C=C/C)CN(CCCC)CCNc1ccccc1CS(=O)(=O)C(C)/C=C\CC.C=CC. The average Bonchev–Trinajstić information content (AvgIpc) is 2.82. The first-order valence-corrected chi connectivity index (χ1v) is 14.4. The Morgan fingerprint density at radius 1 is 1.14 bits per heavy atom. The third kappa shape index (κ3) is 14.6. The van der Waals surface area contributed by atoms with Crippen LogP contribution in [0.25, 0.3) is 0 Å². The van der Waals surface area contributed by atoms with Crippen LogP contribution in [0.5, 0.6) is 0 Å². The zero-order valence-corrected chi connectivity index (χ0v) is 23.5. The van der Waals surface area contributed by atoms with Crippen molar-refractivity contribution in [3.8, 4) is 0 Å². The number of sulfone groups is 1. The van der Waals surface area contributed by atoms with E-state index in [0.717, 1.165) is 56.7 Å².